The maximum Gasteiger partial charge on any atom is 4.00 e. The molecule has 1 aliphatic heterocycles. The molecular formula is C44H31BN3Pt+. The molecule has 0 atom stereocenters. The Hall–Kier alpha value is -5.44. The van der Waals surface area contributed by atoms with Crippen molar-refractivity contribution in [3.63, 3.8) is 0 Å². The van der Waals surface area contributed by atoms with Gasteiger partial charge in [0.2, 0.25) is 0 Å². The Morgan fingerprint density at radius 3 is 2.02 bits per heavy atom. The number of para-hydroxylation sites is 5. The van der Waals surface area contributed by atoms with Gasteiger partial charge in [0.05, 0.1) is 16.7 Å². The largest absolute Gasteiger partial charge is 4.00 e. The van der Waals surface area contributed by atoms with E-state index < -0.39 is 0 Å². The molecule has 0 spiro atoms. The average molecular weight is 808 g/mol. The first-order valence-corrected chi connectivity index (χ1v) is 16.2. The number of benzene rings is 7. The third-order valence-electron chi connectivity index (χ3n) is 8.73. The fourth-order valence-corrected chi connectivity index (χ4v) is 6.50. The van der Waals surface area contributed by atoms with Gasteiger partial charge < -0.3 is 9.47 Å². The van der Waals surface area contributed by atoms with Crippen LogP contribution < -0.4 is 25.9 Å². The van der Waals surface area contributed by atoms with Crippen LogP contribution in [0.25, 0.3) is 22.4 Å². The quantitative estimate of drug-likeness (QED) is 0.103. The molecule has 0 bridgehead atoms. The number of aryl methyl sites for hydroxylation is 1. The number of rotatable bonds is 4. The maximum atomic E-state index is 3.52. The maximum absolute atomic E-state index is 3.52. The molecule has 2 heterocycles. The van der Waals surface area contributed by atoms with Gasteiger partial charge in [-0.3, -0.25) is 4.57 Å². The van der Waals surface area contributed by atoms with E-state index in [4.69, 9.17) is 0 Å². The minimum absolute atomic E-state index is 0. The van der Waals surface area contributed by atoms with E-state index in [0.29, 0.717) is 0 Å². The zero-order chi connectivity index (χ0) is 32.3. The van der Waals surface area contributed by atoms with Crippen molar-refractivity contribution in [2.24, 2.45) is 0 Å². The van der Waals surface area contributed by atoms with Gasteiger partial charge >= 0.3 is 21.1 Å². The summed E-state index contributed by atoms with van der Waals surface area (Å²) in [5, 5.41) is 0. The summed E-state index contributed by atoms with van der Waals surface area (Å²) in [6, 6.07) is 68.7. The van der Waals surface area contributed by atoms with Crippen LogP contribution in [0.15, 0.2) is 170 Å². The van der Waals surface area contributed by atoms with Crippen molar-refractivity contribution in [1.29, 1.82) is 0 Å². The van der Waals surface area contributed by atoms with Gasteiger partial charge in [0.15, 0.2) is 6.71 Å². The van der Waals surface area contributed by atoms with E-state index in [1.807, 2.05) is 42.5 Å². The minimum Gasteiger partial charge on any atom is -0.366 e. The van der Waals surface area contributed by atoms with Crippen LogP contribution in [0.5, 0.6) is 0 Å². The van der Waals surface area contributed by atoms with Crippen LogP contribution >= 0.6 is 0 Å². The zero-order valence-corrected chi connectivity index (χ0v) is 29.2. The van der Waals surface area contributed by atoms with Crippen molar-refractivity contribution in [1.82, 2.24) is 4.57 Å². The number of anilines is 3. The van der Waals surface area contributed by atoms with Gasteiger partial charge in [0.25, 0.3) is 6.33 Å². The summed E-state index contributed by atoms with van der Waals surface area (Å²) >= 11 is 0. The normalized spacial score (nSPS) is 11.5. The Bertz CT molecular complexity index is 2170. The number of hydrogen-bond donors (Lipinski definition) is 0. The Labute approximate surface area is 303 Å². The van der Waals surface area contributed by atoms with Gasteiger partial charge in [-0.05, 0) is 42.9 Å². The first-order valence-electron chi connectivity index (χ1n) is 16.2. The van der Waals surface area contributed by atoms with E-state index in [1.54, 1.807) is 0 Å². The Morgan fingerprint density at radius 1 is 0.571 bits per heavy atom. The van der Waals surface area contributed by atoms with Crippen molar-refractivity contribution in [3.05, 3.63) is 200 Å². The van der Waals surface area contributed by atoms with Crippen molar-refractivity contribution in [2.75, 3.05) is 4.90 Å². The molecule has 0 unspecified atom stereocenters. The molecule has 1 aliphatic rings. The summed E-state index contributed by atoms with van der Waals surface area (Å²) in [5.41, 5.74) is 12.8. The molecule has 0 saturated carbocycles. The molecule has 0 saturated heterocycles. The van der Waals surface area contributed by atoms with Crippen LogP contribution in [-0.4, -0.2) is 11.3 Å². The smallest absolute Gasteiger partial charge is 0.366 e. The molecule has 0 N–H and O–H groups in total. The fraction of sp³-hybridized carbons (Fsp3) is 0.0227. The number of nitrogens with zero attached hydrogens (tertiary/aromatic N) is 3. The van der Waals surface area contributed by atoms with Crippen LogP contribution in [0.2, 0.25) is 0 Å². The second-order valence-electron chi connectivity index (χ2n) is 11.8. The fourth-order valence-electron chi connectivity index (χ4n) is 6.50. The number of imidazole rings is 1. The van der Waals surface area contributed by atoms with Crippen LogP contribution in [-0.2, 0) is 21.1 Å². The van der Waals surface area contributed by atoms with E-state index in [1.165, 1.54) is 33.3 Å². The Kier molecular flexibility index (Phi) is 9.41. The number of aromatic nitrogens is 2. The standard InChI is InChI=1S/C24H16BN.C20H15N2.Pt/c1-3-11-19(12-4-1)25-21-15-7-9-17-23(21)26(20-13-5-2-6-14-20)24-18-10-8-16-22(24)25;1-16-11-13-18(14-12-16)22-15-21(17-7-3-2-4-8-17)19-9-5-6-10-20(19)22;/h1-11,13-15,17-18H;2-7,9-14H,1H3;/q-2;-1;+4. The minimum atomic E-state index is 0. The first kappa shape index (κ1) is 32.1. The zero-order valence-electron chi connectivity index (χ0n) is 26.9. The number of fused-ring (bicyclic) bond motifs is 3. The van der Waals surface area contributed by atoms with Crippen LogP contribution in [0.3, 0.4) is 0 Å². The topological polar surface area (TPSA) is 12.0 Å². The number of hydrogen-bond acceptors (Lipinski definition) is 1. The van der Waals surface area contributed by atoms with Gasteiger partial charge in [-0.1, -0.05) is 89.5 Å². The van der Waals surface area contributed by atoms with Gasteiger partial charge in [0.1, 0.15) is 0 Å². The van der Waals surface area contributed by atoms with Crippen molar-refractivity contribution < 1.29 is 25.6 Å². The van der Waals surface area contributed by atoms with Crippen LogP contribution in [0.4, 0.5) is 17.1 Å². The summed E-state index contributed by atoms with van der Waals surface area (Å²) < 4.78 is 4.14. The molecule has 7 aromatic carbocycles. The molecule has 234 valence electrons. The van der Waals surface area contributed by atoms with E-state index in [9.17, 15) is 0 Å². The molecule has 5 heteroatoms. The van der Waals surface area contributed by atoms with E-state index in [2.05, 4.69) is 173 Å². The second-order valence-corrected chi connectivity index (χ2v) is 11.8. The van der Waals surface area contributed by atoms with Crippen molar-refractivity contribution >= 4 is 51.2 Å². The van der Waals surface area contributed by atoms with E-state index in [-0.39, 0.29) is 27.8 Å². The molecule has 49 heavy (non-hydrogen) atoms. The third-order valence-corrected chi connectivity index (χ3v) is 8.73. The SMILES string of the molecule is Cc1ccc(-[n+]2[c-]n(-c3[c-]cccc3)c3ccccc32)cc1.[Pt+4].[c-]1ccccc1B1c2[c-]cccc2N(c2ccccc2)c2ccccc21. The summed E-state index contributed by atoms with van der Waals surface area (Å²) in [7, 11) is 0. The summed E-state index contributed by atoms with van der Waals surface area (Å²) in [6.07, 6.45) is 3.44. The molecule has 9 rings (SSSR count). The summed E-state index contributed by atoms with van der Waals surface area (Å²) in [4.78, 5) is 2.33. The molecular weight excluding hydrogens is 776 g/mol. The summed E-state index contributed by atoms with van der Waals surface area (Å²) in [6.45, 7) is 2.24. The summed E-state index contributed by atoms with van der Waals surface area (Å²) in [5.74, 6) is 0. The predicted molar refractivity (Wildman–Crippen MR) is 197 cm³/mol. The molecule has 0 amide bonds. The Balaban J connectivity index is 0.000000153. The van der Waals surface area contributed by atoms with Crippen molar-refractivity contribution in [2.45, 2.75) is 6.92 Å². The van der Waals surface area contributed by atoms with Crippen LogP contribution in [0.1, 0.15) is 5.56 Å². The van der Waals surface area contributed by atoms with Crippen molar-refractivity contribution in [3.8, 4) is 11.4 Å². The predicted octanol–water partition coefficient (Wildman–Crippen LogP) is 7.40. The molecule has 0 fully saturated rings. The molecule has 8 aromatic rings. The second kappa shape index (κ2) is 14.4. The van der Waals surface area contributed by atoms with E-state index >= 15 is 0 Å². The van der Waals surface area contributed by atoms with Gasteiger partial charge in [-0.2, -0.15) is 89.8 Å². The molecule has 1 aromatic heterocycles. The molecule has 0 aliphatic carbocycles. The average Bonchev–Trinajstić information content (AvgIpc) is 3.55. The first-order chi connectivity index (χ1) is 23.8. The van der Waals surface area contributed by atoms with Crippen LogP contribution in [0, 0.1) is 31.5 Å². The monoisotopic (exact) mass is 807 g/mol. The molecule has 3 nitrogen and oxygen atoms in total. The van der Waals surface area contributed by atoms with Gasteiger partial charge in [-0.25, -0.2) is 0 Å². The Morgan fingerprint density at radius 2 is 1.24 bits per heavy atom. The van der Waals surface area contributed by atoms with E-state index in [0.717, 1.165) is 28.1 Å². The van der Waals surface area contributed by atoms with Gasteiger partial charge in [0, 0.05) is 11.4 Å². The molecule has 0 radical (unpaired) electrons. The van der Waals surface area contributed by atoms with Gasteiger partial charge in [-0.15, -0.1) is 6.07 Å². The third kappa shape index (κ3) is 6.28.